The summed E-state index contributed by atoms with van der Waals surface area (Å²) >= 11 is 0. The molecule has 0 saturated carbocycles. The minimum atomic E-state index is -1.50. The number of halogens is 3. The molecule has 0 spiro atoms. The number of ketones is 1. The molecule has 1 unspecified atom stereocenters. The van der Waals surface area contributed by atoms with Gasteiger partial charge in [-0.15, -0.1) is 0 Å². The van der Waals surface area contributed by atoms with Crippen molar-refractivity contribution in [1.82, 2.24) is 4.57 Å². The molecule has 2 fully saturated rings. The van der Waals surface area contributed by atoms with Gasteiger partial charge in [-0.05, 0) is 38.1 Å². The number of carboxylic acid groups (broad SMARTS) is 1. The van der Waals surface area contributed by atoms with E-state index in [1.54, 1.807) is 11.8 Å². The maximum atomic E-state index is 15.8. The Bertz CT molecular complexity index is 1670. The fourth-order valence-corrected chi connectivity index (χ4v) is 5.39. The maximum absolute atomic E-state index is 15.8. The van der Waals surface area contributed by atoms with Crippen molar-refractivity contribution in [2.75, 3.05) is 47.4 Å². The van der Waals surface area contributed by atoms with Crippen LogP contribution in [0.15, 0.2) is 35.3 Å². The van der Waals surface area contributed by atoms with Crippen LogP contribution in [0.5, 0.6) is 0 Å². The number of Topliss-reactive ketones (excluding diaryl/α,β-unsaturated/α-hetero) is 1. The number of hydrogen-bond acceptors (Lipinski definition) is 8. The summed E-state index contributed by atoms with van der Waals surface area (Å²) in [5.41, 5.74) is 4.19. The van der Waals surface area contributed by atoms with Crippen molar-refractivity contribution in [3.63, 3.8) is 0 Å². The highest BCUT2D eigenvalue weighted by molar-refractivity contribution is 5.94. The molecule has 2 saturated heterocycles. The number of ether oxygens (including phenoxy) is 1. The Balaban J connectivity index is 1.40. The molecule has 3 heterocycles. The Morgan fingerprint density at radius 1 is 1.07 bits per heavy atom. The maximum Gasteiger partial charge on any atom is 0.414 e. The number of piperazine rings is 1. The summed E-state index contributed by atoms with van der Waals surface area (Å²) in [5.74, 6) is -4.42. The van der Waals surface area contributed by atoms with Gasteiger partial charge in [-0.2, -0.15) is 0 Å². The molecule has 11 nitrogen and oxygen atoms in total. The summed E-state index contributed by atoms with van der Waals surface area (Å²) in [6.07, 6.45) is -0.529. The first-order valence-corrected chi connectivity index (χ1v) is 13.2. The molecule has 0 radical (unpaired) electrons. The van der Waals surface area contributed by atoms with E-state index in [0.29, 0.717) is 5.69 Å². The van der Waals surface area contributed by atoms with Crippen LogP contribution in [0.2, 0.25) is 0 Å². The monoisotopic (exact) mass is 587 g/mol. The second-order valence-electron chi connectivity index (χ2n) is 10.2. The molecule has 2 aromatic carbocycles. The molecule has 3 N–H and O–H groups in total. The van der Waals surface area contributed by atoms with Crippen LogP contribution >= 0.6 is 0 Å². The van der Waals surface area contributed by atoms with E-state index in [2.05, 4.69) is 0 Å². The number of nitrogens with two attached hydrogens (primary N) is 1. The topological polar surface area (TPSA) is 138 Å². The van der Waals surface area contributed by atoms with E-state index >= 15 is 8.78 Å². The third-order valence-corrected chi connectivity index (χ3v) is 7.68. The van der Waals surface area contributed by atoms with Crippen LogP contribution in [0.4, 0.5) is 35.0 Å². The van der Waals surface area contributed by atoms with Crippen molar-refractivity contribution in [2.24, 2.45) is 5.73 Å². The lowest BCUT2D eigenvalue weighted by molar-refractivity contribution is -0.120. The molecule has 0 bridgehead atoms. The van der Waals surface area contributed by atoms with Crippen LogP contribution in [0.1, 0.15) is 24.2 Å². The van der Waals surface area contributed by atoms with Crippen LogP contribution < -0.4 is 25.9 Å². The predicted octanol–water partition coefficient (Wildman–Crippen LogP) is 2.71. The van der Waals surface area contributed by atoms with E-state index in [1.165, 1.54) is 39.5 Å². The van der Waals surface area contributed by atoms with Gasteiger partial charge in [0.25, 0.3) is 0 Å². The number of rotatable bonds is 7. The van der Waals surface area contributed by atoms with E-state index < -0.39 is 52.7 Å². The molecule has 2 atom stereocenters. The molecule has 1 aromatic heterocycles. The van der Waals surface area contributed by atoms with E-state index in [-0.39, 0.29) is 67.3 Å². The molecule has 5 rings (SSSR count). The van der Waals surface area contributed by atoms with E-state index in [4.69, 9.17) is 10.5 Å². The van der Waals surface area contributed by atoms with Gasteiger partial charge >= 0.3 is 12.1 Å². The number of amides is 1. The zero-order chi connectivity index (χ0) is 30.5. The Morgan fingerprint density at radius 3 is 2.36 bits per heavy atom. The number of aromatic nitrogens is 1. The van der Waals surface area contributed by atoms with Crippen molar-refractivity contribution in [3.8, 4) is 0 Å². The summed E-state index contributed by atoms with van der Waals surface area (Å²) < 4.78 is 52.5. The van der Waals surface area contributed by atoms with E-state index in [0.717, 1.165) is 12.3 Å². The van der Waals surface area contributed by atoms with Crippen molar-refractivity contribution in [1.29, 1.82) is 0 Å². The Labute approximate surface area is 237 Å². The lowest BCUT2D eigenvalue weighted by atomic mass is 10.1. The second-order valence-corrected chi connectivity index (χ2v) is 10.2. The molecule has 3 aromatic rings. The van der Waals surface area contributed by atoms with Gasteiger partial charge in [0.15, 0.2) is 5.82 Å². The van der Waals surface area contributed by atoms with Crippen molar-refractivity contribution < 1.29 is 37.4 Å². The van der Waals surface area contributed by atoms with Gasteiger partial charge in [-0.3, -0.25) is 14.5 Å². The van der Waals surface area contributed by atoms with Gasteiger partial charge in [0.05, 0.1) is 23.1 Å². The van der Waals surface area contributed by atoms with E-state index in [1.807, 2.05) is 0 Å². The lowest BCUT2D eigenvalue weighted by Gasteiger charge is -2.38. The highest BCUT2D eigenvalue weighted by atomic mass is 19.1. The molecular formula is C28H28F3N5O6. The van der Waals surface area contributed by atoms with Crippen molar-refractivity contribution in [3.05, 3.63) is 63.7 Å². The van der Waals surface area contributed by atoms with Crippen LogP contribution in [0, 0.1) is 17.5 Å². The zero-order valence-corrected chi connectivity index (χ0v) is 22.8. The molecule has 14 heteroatoms. The molecule has 2 aliphatic rings. The number of cyclic esters (lactones) is 1. The molecular weight excluding hydrogens is 559 g/mol. The summed E-state index contributed by atoms with van der Waals surface area (Å²) in [6.45, 7) is 3.59. The lowest BCUT2D eigenvalue weighted by Crippen LogP contribution is -2.47. The van der Waals surface area contributed by atoms with Crippen molar-refractivity contribution >= 4 is 45.8 Å². The molecule has 42 heavy (non-hydrogen) atoms. The Morgan fingerprint density at radius 2 is 1.74 bits per heavy atom. The number of fused-ring (bicyclic) bond motifs is 1. The zero-order valence-electron chi connectivity index (χ0n) is 22.8. The minimum absolute atomic E-state index is 0.00966. The summed E-state index contributed by atoms with van der Waals surface area (Å²) in [4.78, 5) is 52.6. The van der Waals surface area contributed by atoms with Gasteiger partial charge in [-0.1, -0.05) is 0 Å². The van der Waals surface area contributed by atoms with Crippen LogP contribution in [0.3, 0.4) is 0 Å². The number of hydrogen-bond donors (Lipinski definition) is 2. The molecule has 1 amide bonds. The van der Waals surface area contributed by atoms with Gasteiger partial charge in [0.2, 0.25) is 5.43 Å². The number of benzene rings is 2. The van der Waals surface area contributed by atoms with Crippen LogP contribution in [-0.4, -0.2) is 72.4 Å². The van der Waals surface area contributed by atoms with Crippen molar-refractivity contribution in [2.45, 2.75) is 32.5 Å². The minimum Gasteiger partial charge on any atom is -0.477 e. The van der Waals surface area contributed by atoms with Gasteiger partial charge in [0.1, 0.15) is 40.8 Å². The third-order valence-electron chi connectivity index (χ3n) is 7.68. The summed E-state index contributed by atoms with van der Waals surface area (Å²) in [7, 11) is 0. The highest BCUT2D eigenvalue weighted by Crippen LogP contribution is 2.33. The Kier molecular flexibility index (Phi) is 7.58. The SMILES string of the molecule is CCn1cc(C(=O)O)c(=O)c2cc(F)c(N3CCN(c4cc(N5CC([C@H](N)C(C)=O)OC5=O)ccc4F)CC3)c(F)c21. The first-order valence-electron chi connectivity index (χ1n) is 13.2. The molecule has 2 aliphatic heterocycles. The van der Waals surface area contributed by atoms with Crippen LogP contribution in [0.25, 0.3) is 10.9 Å². The number of carboxylic acids is 1. The fraction of sp³-hybridized carbons (Fsp3) is 0.357. The molecule has 0 aliphatic carbocycles. The Hall–Kier alpha value is -4.59. The van der Waals surface area contributed by atoms with Crippen LogP contribution in [-0.2, 0) is 16.1 Å². The number of carbonyl (C=O) groups is 3. The van der Waals surface area contributed by atoms with Gasteiger partial charge in [-0.25, -0.2) is 22.8 Å². The number of anilines is 3. The molecule has 222 valence electrons. The number of pyridine rings is 1. The first-order chi connectivity index (χ1) is 19.9. The average molecular weight is 588 g/mol. The number of aryl methyl sites for hydroxylation is 1. The standard InChI is InChI=1S/C28H28F3N5O6/c1-3-33-12-17(27(39)40)26(38)16-11-19(30)25(22(31)24(16)33)35-8-6-34(7-9-35)20-10-15(4-5-18(20)29)36-13-21(42-28(36)41)23(32)14(2)37/h4-5,10-12,21,23H,3,6-9,13,32H2,1-2H3,(H,39,40)/t21?,23-/m1/s1. The number of carbonyl (C=O) groups excluding carboxylic acids is 2. The largest absolute Gasteiger partial charge is 0.477 e. The number of nitrogens with zero attached hydrogens (tertiary/aromatic N) is 4. The quantitative estimate of drug-likeness (QED) is 0.427. The average Bonchev–Trinajstić information content (AvgIpc) is 3.34. The summed E-state index contributed by atoms with van der Waals surface area (Å²) in [6, 6.07) is 3.92. The second kappa shape index (κ2) is 11.0. The predicted molar refractivity (Wildman–Crippen MR) is 148 cm³/mol. The van der Waals surface area contributed by atoms with E-state index in [9.17, 15) is 28.7 Å². The first kappa shape index (κ1) is 28.9. The van der Waals surface area contributed by atoms with Gasteiger partial charge < -0.3 is 29.9 Å². The van der Waals surface area contributed by atoms with Gasteiger partial charge in [0, 0.05) is 44.6 Å². The fourth-order valence-electron chi connectivity index (χ4n) is 5.39. The third kappa shape index (κ3) is 4.91. The number of aromatic carboxylic acids is 1. The highest BCUT2D eigenvalue weighted by Gasteiger charge is 2.38. The summed E-state index contributed by atoms with van der Waals surface area (Å²) in [5, 5.41) is 8.97. The normalized spacial score (nSPS) is 18.0. The smallest absolute Gasteiger partial charge is 0.414 e.